The average molecular weight is 290 g/mol. The third-order valence-corrected chi connectivity index (χ3v) is 2.16. The Kier molecular flexibility index (Phi) is 3.71. The summed E-state index contributed by atoms with van der Waals surface area (Å²) >= 11 is 2.18. The van der Waals surface area contributed by atoms with Crippen LogP contribution in [0.15, 0.2) is 24.3 Å². The molecular weight excluding hydrogens is 279 g/mol. The van der Waals surface area contributed by atoms with Gasteiger partial charge in [-0.25, -0.2) is 0 Å². The Morgan fingerprint density at radius 3 is 2.69 bits per heavy atom. The zero-order valence-corrected chi connectivity index (χ0v) is 9.74. The first-order chi connectivity index (χ1) is 6.09. The highest BCUT2D eigenvalue weighted by Gasteiger charge is 2.09. The largest absolute Gasteiger partial charge is 0.426 e. The van der Waals surface area contributed by atoms with Gasteiger partial charge in [0.05, 0.1) is 5.92 Å². The predicted molar refractivity (Wildman–Crippen MR) is 59.6 cm³/mol. The van der Waals surface area contributed by atoms with Gasteiger partial charge in [-0.05, 0) is 40.8 Å². The van der Waals surface area contributed by atoms with E-state index in [-0.39, 0.29) is 11.9 Å². The van der Waals surface area contributed by atoms with Crippen molar-refractivity contribution in [1.82, 2.24) is 0 Å². The Balaban J connectivity index is 2.69. The minimum absolute atomic E-state index is 0.0853. The molecule has 0 spiro atoms. The minimum Gasteiger partial charge on any atom is -0.426 e. The molecule has 1 aromatic rings. The Morgan fingerprint density at radius 1 is 1.46 bits per heavy atom. The number of hydrogen-bond donors (Lipinski definition) is 0. The second-order valence-corrected chi connectivity index (χ2v) is 4.28. The van der Waals surface area contributed by atoms with Crippen molar-refractivity contribution in [3.63, 3.8) is 0 Å². The van der Waals surface area contributed by atoms with E-state index < -0.39 is 0 Å². The van der Waals surface area contributed by atoms with Crippen molar-refractivity contribution in [2.75, 3.05) is 0 Å². The molecule has 1 rings (SSSR count). The van der Waals surface area contributed by atoms with Crippen molar-refractivity contribution in [2.24, 2.45) is 5.92 Å². The number of benzene rings is 1. The number of hydrogen-bond acceptors (Lipinski definition) is 2. The summed E-state index contributed by atoms with van der Waals surface area (Å²) in [6.45, 7) is 3.63. The second-order valence-electron chi connectivity index (χ2n) is 3.03. The van der Waals surface area contributed by atoms with Crippen LogP contribution in [0.3, 0.4) is 0 Å². The Hall–Kier alpha value is -0.580. The molecule has 0 aliphatic carbocycles. The average Bonchev–Trinajstić information content (AvgIpc) is 2.04. The molecular formula is C10H11IO2. The van der Waals surface area contributed by atoms with Gasteiger partial charge in [0.25, 0.3) is 0 Å². The van der Waals surface area contributed by atoms with E-state index in [2.05, 4.69) is 22.6 Å². The maximum atomic E-state index is 11.2. The third kappa shape index (κ3) is 3.34. The number of ether oxygens (including phenoxy) is 1. The van der Waals surface area contributed by atoms with Gasteiger partial charge in [0.15, 0.2) is 0 Å². The molecule has 0 saturated carbocycles. The zero-order chi connectivity index (χ0) is 9.84. The summed E-state index contributed by atoms with van der Waals surface area (Å²) in [6.07, 6.45) is 0. The molecule has 0 unspecified atom stereocenters. The monoisotopic (exact) mass is 290 g/mol. The van der Waals surface area contributed by atoms with E-state index in [0.29, 0.717) is 5.75 Å². The standard InChI is InChI=1S/C10H11IO2/c1-7(2)10(12)13-9-5-3-4-8(11)6-9/h3-7H,1-2H3. The molecule has 0 saturated heterocycles. The van der Waals surface area contributed by atoms with E-state index in [1.165, 1.54) is 0 Å². The van der Waals surface area contributed by atoms with Crippen LogP contribution in [0.5, 0.6) is 5.75 Å². The van der Waals surface area contributed by atoms with E-state index >= 15 is 0 Å². The van der Waals surface area contributed by atoms with E-state index in [0.717, 1.165) is 3.57 Å². The summed E-state index contributed by atoms with van der Waals surface area (Å²) in [5, 5.41) is 0. The van der Waals surface area contributed by atoms with E-state index in [1.807, 2.05) is 32.0 Å². The van der Waals surface area contributed by atoms with Crippen LogP contribution in [0, 0.1) is 9.49 Å². The molecule has 70 valence electrons. The Bertz CT molecular complexity index is 308. The SMILES string of the molecule is CC(C)C(=O)Oc1cccc(I)c1. The van der Waals surface area contributed by atoms with Gasteiger partial charge in [0, 0.05) is 3.57 Å². The van der Waals surface area contributed by atoms with Crippen molar-refractivity contribution >= 4 is 28.6 Å². The zero-order valence-electron chi connectivity index (χ0n) is 7.58. The molecule has 3 heteroatoms. The first-order valence-corrected chi connectivity index (χ1v) is 5.14. The van der Waals surface area contributed by atoms with Crippen LogP contribution in [-0.4, -0.2) is 5.97 Å². The second kappa shape index (κ2) is 4.60. The summed E-state index contributed by atoms with van der Waals surface area (Å²) in [5.41, 5.74) is 0. The van der Waals surface area contributed by atoms with Crippen molar-refractivity contribution in [3.8, 4) is 5.75 Å². The van der Waals surface area contributed by atoms with E-state index in [4.69, 9.17) is 4.74 Å². The molecule has 0 N–H and O–H groups in total. The number of halogens is 1. The smallest absolute Gasteiger partial charge is 0.313 e. The van der Waals surface area contributed by atoms with Crippen molar-refractivity contribution in [2.45, 2.75) is 13.8 Å². The number of esters is 1. The summed E-state index contributed by atoms with van der Waals surface area (Å²) in [4.78, 5) is 11.2. The quantitative estimate of drug-likeness (QED) is 0.475. The molecule has 0 aliphatic rings. The van der Waals surface area contributed by atoms with Gasteiger partial charge in [-0.15, -0.1) is 0 Å². The van der Waals surface area contributed by atoms with Crippen LogP contribution in [0.4, 0.5) is 0 Å². The normalized spacial score (nSPS) is 10.2. The highest BCUT2D eigenvalue weighted by Crippen LogP contribution is 2.15. The van der Waals surface area contributed by atoms with Crippen molar-refractivity contribution < 1.29 is 9.53 Å². The fraction of sp³-hybridized carbons (Fsp3) is 0.300. The van der Waals surface area contributed by atoms with Crippen LogP contribution in [0.2, 0.25) is 0 Å². The molecule has 0 fully saturated rings. The highest BCUT2D eigenvalue weighted by atomic mass is 127. The van der Waals surface area contributed by atoms with Crippen LogP contribution in [-0.2, 0) is 4.79 Å². The van der Waals surface area contributed by atoms with Gasteiger partial charge < -0.3 is 4.74 Å². The lowest BCUT2D eigenvalue weighted by Crippen LogP contribution is -2.14. The molecule has 13 heavy (non-hydrogen) atoms. The van der Waals surface area contributed by atoms with Crippen LogP contribution in [0.1, 0.15) is 13.8 Å². The lowest BCUT2D eigenvalue weighted by molar-refractivity contribution is -0.137. The first kappa shape index (κ1) is 10.5. The maximum absolute atomic E-state index is 11.2. The number of carbonyl (C=O) groups excluding carboxylic acids is 1. The molecule has 0 aromatic heterocycles. The molecule has 1 aromatic carbocycles. The van der Waals surface area contributed by atoms with Crippen molar-refractivity contribution in [1.29, 1.82) is 0 Å². The van der Waals surface area contributed by atoms with Gasteiger partial charge >= 0.3 is 5.97 Å². The molecule has 0 bridgehead atoms. The van der Waals surface area contributed by atoms with Gasteiger partial charge in [0.1, 0.15) is 5.75 Å². The topological polar surface area (TPSA) is 26.3 Å². The molecule has 0 atom stereocenters. The van der Waals surface area contributed by atoms with E-state index in [9.17, 15) is 4.79 Å². The fourth-order valence-electron chi connectivity index (χ4n) is 0.764. The Morgan fingerprint density at radius 2 is 2.15 bits per heavy atom. The lowest BCUT2D eigenvalue weighted by Gasteiger charge is -2.06. The van der Waals surface area contributed by atoms with E-state index in [1.54, 1.807) is 6.07 Å². The van der Waals surface area contributed by atoms with Crippen molar-refractivity contribution in [3.05, 3.63) is 27.8 Å². The maximum Gasteiger partial charge on any atom is 0.313 e. The number of rotatable bonds is 2. The van der Waals surface area contributed by atoms with Gasteiger partial charge in [-0.3, -0.25) is 4.79 Å². The Labute approximate surface area is 91.4 Å². The van der Waals surface area contributed by atoms with Gasteiger partial charge in [0.2, 0.25) is 0 Å². The summed E-state index contributed by atoms with van der Waals surface area (Å²) in [5.74, 6) is 0.338. The molecule has 0 radical (unpaired) electrons. The molecule has 0 aliphatic heterocycles. The molecule has 0 heterocycles. The predicted octanol–water partition coefficient (Wildman–Crippen LogP) is 2.85. The summed E-state index contributed by atoms with van der Waals surface area (Å²) in [6, 6.07) is 7.43. The molecule has 2 nitrogen and oxygen atoms in total. The lowest BCUT2D eigenvalue weighted by atomic mass is 10.2. The summed E-state index contributed by atoms with van der Waals surface area (Å²) < 4.78 is 6.17. The third-order valence-electron chi connectivity index (χ3n) is 1.49. The van der Waals surface area contributed by atoms with Gasteiger partial charge in [-0.2, -0.15) is 0 Å². The summed E-state index contributed by atoms with van der Waals surface area (Å²) in [7, 11) is 0. The van der Waals surface area contributed by atoms with Gasteiger partial charge in [-0.1, -0.05) is 19.9 Å². The molecule has 0 amide bonds. The number of carbonyl (C=O) groups is 1. The highest BCUT2D eigenvalue weighted by molar-refractivity contribution is 14.1. The minimum atomic E-state index is -0.193. The fourth-order valence-corrected chi connectivity index (χ4v) is 1.28. The first-order valence-electron chi connectivity index (χ1n) is 4.07. The van der Waals surface area contributed by atoms with Crippen LogP contribution in [0.25, 0.3) is 0 Å². The van der Waals surface area contributed by atoms with Crippen LogP contribution < -0.4 is 4.74 Å². The van der Waals surface area contributed by atoms with Crippen LogP contribution >= 0.6 is 22.6 Å².